The lowest BCUT2D eigenvalue weighted by Crippen LogP contribution is -2.54. The fourth-order valence-electron chi connectivity index (χ4n) is 8.20. The molecule has 1 saturated carbocycles. The number of benzene rings is 1. The zero-order valence-corrected chi connectivity index (χ0v) is 29.9. The maximum absolute atomic E-state index is 15.3. The van der Waals surface area contributed by atoms with Gasteiger partial charge in [-0.1, -0.05) is 33.8 Å². The second-order valence-corrected chi connectivity index (χ2v) is 16.9. The van der Waals surface area contributed by atoms with Gasteiger partial charge in [0, 0.05) is 74.8 Å². The first-order valence-corrected chi connectivity index (χ1v) is 17.8. The van der Waals surface area contributed by atoms with Crippen LogP contribution in [0.5, 0.6) is 0 Å². The second-order valence-electron chi connectivity index (χ2n) is 16.9. The van der Waals surface area contributed by atoms with E-state index in [0.717, 1.165) is 44.8 Å². The minimum Gasteiger partial charge on any atom is -0.338 e. The van der Waals surface area contributed by atoms with Crippen LogP contribution in [0.2, 0.25) is 0 Å². The molecule has 0 radical (unpaired) electrons. The van der Waals surface area contributed by atoms with Crippen LogP contribution >= 0.6 is 0 Å². The molecule has 0 aromatic heterocycles. The van der Waals surface area contributed by atoms with Crippen molar-refractivity contribution in [2.75, 3.05) is 52.9 Å². The quantitative estimate of drug-likeness (QED) is 0.448. The van der Waals surface area contributed by atoms with Gasteiger partial charge < -0.3 is 19.6 Å². The van der Waals surface area contributed by atoms with Crippen molar-refractivity contribution in [1.82, 2.24) is 24.5 Å². The van der Waals surface area contributed by atoms with Crippen LogP contribution in [0.15, 0.2) is 18.2 Å². The summed E-state index contributed by atoms with van der Waals surface area (Å²) in [4.78, 5) is 53.5. The molecule has 4 atom stereocenters. The highest BCUT2D eigenvalue weighted by atomic mass is 19.1. The van der Waals surface area contributed by atoms with Crippen LogP contribution in [0.4, 0.5) is 8.78 Å². The van der Waals surface area contributed by atoms with Crippen molar-refractivity contribution in [1.29, 1.82) is 0 Å². The number of halogens is 2. The van der Waals surface area contributed by atoms with Gasteiger partial charge in [0.15, 0.2) is 0 Å². The lowest BCUT2D eigenvalue weighted by Gasteiger charge is -2.42. The van der Waals surface area contributed by atoms with Gasteiger partial charge in [0.05, 0.1) is 12.0 Å². The summed E-state index contributed by atoms with van der Waals surface area (Å²) in [6, 6.07) is 2.70. The Balaban J connectivity index is 1.51. The minimum absolute atomic E-state index is 0.0631. The molecule has 1 aromatic carbocycles. The van der Waals surface area contributed by atoms with Crippen molar-refractivity contribution < 1.29 is 23.2 Å². The van der Waals surface area contributed by atoms with E-state index in [1.54, 1.807) is 4.90 Å². The molecule has 0 N–H and O–H groups in total. The number of rotatable bonds is 5. The number of piperazine rings is 1. The average molecular weight is 658 g/mol. The number of hydrogen-bond donors (Lipinski definition) is 0. The Morgan fingerprint density at radius 1 is 0.830 bits per heavy atom. The van der Waals surface area contributed by atoms with Crippen LogP contribution in [0.1, 0.15) is 92.1 Å². The SMILES string of the molecule is CC1CCC(N(C(=O)C(C)(C)C)[C@H]2C[C@@H](C(=O)N3CCN(C)CC3)N(C(=O)[C@@H]3CN(C(C)(C)C)C[C@H]3c3ccc(F)cc3F)C2)CC1. The van der Waals surface area contributed by atoms with Gasteiger partial charge in [0.25, 0.3) is 0 Å². The summed E-state index contributed by atoms with van der Waals surface area (Å²) in [6.45, 7) is 18.2. The highest BCUT2D eigenvalue weighted by molar-refractivity contribution is 5.91. The van der Waals surface area contributed by atoms with E-state index in [2.05, 4.69) is 42.4 Å². The van der Waals surface area contributed by atoms with E-state index < -0.39 is 34.9 Å². The van der Waals surface area contributed by atoms with Crippen LogP contribution in [0.3, 0.4) is 0 Å². The third-order valence-corrected chi connectivity index (χ3v) is 11.3. The number of carbonyl (C=O) groups is 3. The number of likely N-dealkylation sites (tertiary alicyclic amines) is 2. The van der Waals surface area contributed by atoms with Crippen LogP contribution in [-0.2, 0) is 14.4 Å². The number of hydrogen-bond acceptors (Lipinski definition) is 5. The molecule has 3 amide bonds. The van der Waals surface area contributed by atoms with Crippen LogP contribution in [-0.4, -0.2) is 119 Å². The Bertz CT molecular complexity index is 1310. The molecule has 1 aromatic rings. The molecule has 10 heteroatoms. The van der Waals surface area contributed by atoms with E-state index in [9.17, 15) is 18.8 Å². The van der Waals surface area contributed by atoms with Crippen LogP contribution < -0.4 is 0 Å². The Labute approximate surface area is 280 Å². The molecule has 8 nitrogen and oxygen atoms in total. The fraction of sp³-hybridized carbons (Fsp3) is 0.757. The summed E-state index contributed by atoms with van der Waals surface area (Å²) in [5.74, 6) is -1.98. The van der Waals surface area contributed by atoms with Crippen molar-refractivity contribution in [2.24, 2.45) is 17.3 Å². The second kappa shape index (κ2) is 13.7. The zero-order chi connectivity index (χ0) is 34.4. The highest BCUT2D eigenvalue weighted by Crippen LogP contribution is 2.41. The Hall–Kier alpha value is -2.59. The molecule has 3 aliphatic heterocycles. The third kappa shape index (κ3) is 7.69. The molecular formula is C37H57F2N5O3. The van der Waals surface area contributed by atoms with Gasteiger partial charge in [0.2, 0.25) is 17.7 Å². The molecule has 4 fully saturated rings. The predicted molar refractivity (Wildman–Crippen MR) is 180 cm³/mol. The van der Waals surface area contributed by atoms with E-state index in [1.165, 1.54) is 12.1 Å². The molecule has 5 rings (SSSR count). The van der Waals surface area contributed by atoms with E-state index in [-0.39, 0.29) is 41.9 Å². The van der Waals surface area contributed by atoms with E-state index in [1.807, 2.05) is 32.7 Å². The molecule has 3 saturated heterocycles. The van der Waals surface area contributed by atoms with Gasteiger partial charge in [-0.05, 0) is 77.5 Å². The van der Waals surface area contributed by atoms with E-state index >= 15 is 4.39 Å². The van der Waals surface area contributed by atoms with Crippen molar-refractivity contribution in [3.63, 3.8) is 0 Å². The standard InChI is InChI=1S/C37H57F2N5O3/c1-24-9-12-26(13-10-24)44(35(47)36(2,3)4)27-20-32(34(46)41-17-15-40(8)16-18-41)43(21-27)33(45)30-23-42(37(5,6)7)22-29(30)28-14-11-25(38)19-31(28)39/h11,14,19,24,26-27,29-30,32H,9-10,12-13,15-18,20-23H2,1-8H3/t24?,26?,27-,29-,30+,32-/m0/s1. The number of likely N-dealkylation sites (N-methyl/N-ethyl adjacent to an activating group) is 1. The number of amides is 3. The summed E-state index contributed by atoms with van der Waals surface area (Å²) in [6.07, 6.45) is 4.33. The molecule has 1 aliphatic carbocycles. The normalized spacial score (nSPS) is 29.7. The van der Waals surface area contributed by atoms with Gasteiger partial charge in [0.1, 0.15) is 17.7 Å². The Morgan fingerprint density at radius 3 is 2.04 bits per heavy atom. The lowest BCUT2D eigenvalue weighted by atomic mass is 9.84. The molecule has 0 unspecified atom stereocenters. The summed E-state index contributed by atoms with van der Waals surface area (Å²) in [5.41, 5.74) is -0.558. The highest BCUT2D eigenvalue weighted by Gasteiger charge is 2.52. The van der Waals surface area contributed by atoms with Crippen LogP contribution in [0, 0.1) is 28.9 Å². The molecule has 262 valence electrons. The Morgan fingerprint density at radius 2 is 1.47 bits per heavy atom. The summed E-state index contributed by atoms with van der Waals surface area (Å²) < 4.78 is 29.3. The molecule has 47 heavy (non-hydrogen) atoms. The van der Waals surface area contributed by atoms with Crippen molar-refractivity contribution in [3.8, 4) is 0 Å². The van der Waals surface area contributed by atoms with Gasteiger partial charge in [-0.25, -0.2) is 8.78 Å². The lowest BCUT2D eigenvalue weighted by molar-refractivity contribution is -0.147. The van der Waals surface area contributed by atoms with Gasteiger partial charge in [-0.3, -0.25) is 19.3 Å². The van der Waals surface area contributed by atoms with Crippen molar-refractivity contribution in [3.05, 3.63) is 35.4 Å². The van der Waals surface area contributed by atoms with E-state index in [4.69, 9.17) is 0 Å². The topological polar surface area (TPSA) is 67.4 Å². The average Bonchev–Trinajstić information content (AvgIpc) is 3.63. The largest absolute Gasteiger partial charge is 0.338 e. The molecule has 0 spiro atoms. The fourth-order valence-corrected chi connectivity index (χ4v) is 8.20. The van der Waals surface area contributed by atoms with Gasteiger partial charge >= 0.3 is 0 Å². The molecule has 3 heterocycles. The zero-order valence-electron chi connectivity index (χ0n) is 29.9. The van der Waals surface area contributed by atoms with Crippen molar-refractivity contribution >= 4 is 17.7 Å². The molecule has 4 aliphatic rings. The molecular weight excluding hydrogens is 600 g/mol. The van der Waals surface area contributed by atoms with Gasteiger partial charge in [-0.2, -0.15) is 0 Å². The predicted octanol–water partition coefficient (Wildman–Crippen LogP) is 4.98. The minimum atomic E-state index is -0.698. The van der Waals surface area contributed by atoms with Crippen LogP contribution in [0.25, 0.3) is 0 Å². The monoisotopic (exact) mass is 657 g/mol. The molecule has 0 bridgehead atoms. The summed E-state index contributed by atoms with van der Waals surface area (Å²) in [5, 5.41) is 0. The Kier molecular flexibility index (Phi) is 10.4. The van der Waals surface area contributed by atoms with Gasteiger partial charge in [-0.15, -0.1) is 0 Å². The maximum Gasteiger partial charge on any atom is 0.245 e. The maximum atomic E-state index is 15.3. The summed E-state index contributed by atoms with van der Waals surface area (Å²) in [7, 11) is 2.04. The number of nitrogens with zero attached hydrogens (tertiary/aromatic N) is 5. The first kappa shape index (κ1) is 35.7. The first-order valence-electron chi connectivity index (χ1n) is 17.8. The van der Waals surface area contributed by atoms with Crippen molar-refractivity contribution in [2.45, 2.75) is 110 Å². The summed E-state index contributed by atoms with van der Waals surface area (Å²) >= 11 is 0. The smallest absolute Gasteiger partial charge is 0.245 e. The van der Waals surface area contributed by atoms with E-state index in [0.29, 0.717) is 44.1 Å². The first-order chi connectivity index (χ1) is 22.0. The number of carbonyl (C=O) groups excluding carboxylic acids is 3. The third-order valence-electron chi connectivity index (χ3n) is 11.3.